The summed E-state index contributed by atoms with van der Waals surface area (Å²) in [5, 5.41) is 11.0. The van der Waals surface area contributed by atoms with Crippen molar-refractivity contribution < 1.29 is 9.59 Å². The van der Waals surface area contributed by atoms with Crippen molar-refractivity contribution in [3.63, 3.8) is 0 Å². The van der Waals surface area contributed by atoms with Gasteiger partial charge in [-0.15, -0.1) is 0 Å². The van der Waals surface area contributed by atoms with E-state index in [0.717, 1.165) is 4.47 Å². The van der Waals surface area contributed by atoms with Crippen LogP contribution in [0.15, 0.2) is 28.7 Å². The summed E-state index contributed by atoms with van der Waals surface area (Å²) in [6.45, 7) is 0. The van der Waals surface area contributed by atoms with Crippen LogP contribution < -0.4 is 11.1 Å². The summed E-state index contributed by atoms with van der Waals surface area (Å²) in [5.41, 5.74) is 5.59. The van der Waals surface area contributed by atoms with E-state index in [1.54, 1.807) is 24.3 Å². The highest BCUT2D eigenvalue weighted by Gasteiger charge is 2.18. The lowest BCUT2D eigenvalue weighted by molar-refractivity contribution is -0.119. The summed E-state index contributed by atoms with van der Waals surface area (Å²) in [5.74, 6) is -1.04. The van der Waals surface area contributed by atoms with Gasteiger partial charge in [-0.05, 0) is 24.6 Å². The van der Waals surface area contributed by atoms with E-state index in [9.17, 15) is 9.59 Å². The van der Waals surface area contributed by atoms with Gasteiger partial charge in [0.25, 0.3) is 5.91 Å². The summed E-state index contributed by atoms with van der Waals surface area (Å²) in [4.78, 5) is 23.0. The molecule has 1 rings (SSSR count). The number of hydrogen-bond donors (Lipinski definition) is 2. The summed E-state index contributed by atoms with van der Waals surface area (Å²) in [6.07, 6.45) is 0.373. The first-order chi connectivity index (χ1) is 8.54. The van der Waals surface area contributed by atoms with Gasteiger partial charge in [0.05, 0.1) is 6.07 Å². The fraction of sp³-hybridized carbons (Fsp3) is 0.250. The number of benzene rings is 1. The van der Waals surface area contributed by atoms with Crippen molar-refractivity contribution in [2.45, 2.75) is 18.9 Å². The molecule has 0 heterocycles. The average Bonchev–Trinajstić information content (AvgIpc) is 2.33. The van der Waals surface area contributed by atoms with Gasteiger partial charge in [-0.3, -0.25) is 9.59 Å². The van der Waals surface area contributed by atoms with Gasteiger partial charge in [-0.25, -0.2) is 0 Å². The second-order valence-corrected chi connectivity index (χ2v) is 4.55. The Morgan fingerprint density at radius 2 is 2.22 bits per heavy atom. The van der Waals surface area contributed by atoms with Crippen molar-refractivity contribution in [2.24, 2.45) is 5.73 Å². The Hall–Kier alpha value is -1.87. The molecule has 0 spiro atoms. The van der Waals surface area contributed by atoms with Gasteiger partial charge in [0, 0.05) is 16.5 Å². The molecule has 3 N–H and O–H groups in total. The van der Waals surface area contributed by atoms with E-state index in [-0.39, 0.29) is 12.8 Å². The number of hydrogen-bond acceptors (Lipinski definition) is 3. The third kappa shape index (κ3) is 4.18. The normalized spacial score (nSPS) is 11.3. The molecule has 0 aliphatic carbocycles. The molecule has 1 aromatic rings. The molecule has 0 fully saturated rings. The number of nitriles is 1. The van der Waals surface area contributed by atoms with Crippen LogP contribution in [0.2, 0.25) is 0 Å². The molecule has 5 nitrogen and oxygen atoms in total. The zero-order valence-corrected chi connectivity index (χ0v) is 11.1. The number of nitrogens with zero attached hydrogens (tertiary/aromatic N) is 1. The molecule has 1 aromatic carbocycles. The lowest BCUT2D eigenvalue weighted by Crippen LogP contribution is -2.44. The minimum Gasteiger partial charge on any atom is -0.368 e. The minimum atomic E-state index is -0.823. The van der Waals surface area contributed by atoms with Crippen molar-refractivity contribution in [1.29, 1.82) is 5.26 Å². The third-order valence-electron chi connectivity index (χ3n) is 2.28. The smallest absolute Gasteiger partial charge is 0.251 e. The van der Waals surface area contributed by atoms with Crippen LogP contribution >= 0.6 is 15.9 Å². The van der Waals surface area contributed by atoms with Gasteiger partial charge in [0.1, 0.15) is 6.04 Å². The zero-order valence-electron chi connectivity index (χ0n) is 9.52. The number of amides is 2. The number of nitrogens with two attached hydrogens (primary N) is 1. The van der Waals surface area contributed by atoms with E-state index in [1.165, 1.54) is 0 Å². The van der Waals surface area contributed by atoms with E-state index in [1.807, 2.05) is 6.07 Å². The second-order valence-electron chi connectivity index (χ2n) is 3.64. The summed E-state index contributed by atoms with van der Waals surface area (Å²) < 4.78 is 0.766. The maximum atomic E-state index is 11.9. The first kappa shape index (κ1) is 14.2. The summed E-state index contributed by atoms with van der Waals surface area (Å²) in [6, 6.07) is 7.86. The van der Waals surface area contributed by atoms with Crippen LogP contribution in [-0.4, -0.2) is 17.9 Å². The standard InChI is InChI=1S/C12H12BrN3O2/c13-9-4-1-3-8(7-9)12(18)16-10(11(15)17)5-2-6-14/h1,3-4,7,10H,2,5H2,(H2,15,17)(H,16,18)/t10-/m1/s1. The number of rotatable bonds is 5. The first-order valence-electron chi connectivity index (χ1n) is 5.27. The number of nitrogens with one attached hydrogen (secondary N) is 1. The lowest BCUT2D eigenvalue weighted by Gasteiger charge is -2.14. The van der Waals surface area contributed by atoms with Crippen molar-refractivity contribution >= 4 is 27.7 Å². The molecule has 0 aromatic heterocycles. The van der Waals surface area contributed by atoms with Crippen LogP contribution in [0.25, 0.3) is 0 Å². The van der Waals surface area contributed by atoms with Gasteiger partial charge < -0.3 is 11.1 Å². The molecule has 1 atom stereocenters. The Morgan fingerprint density at radius 3 is 2.78 bits per heavy atom. The Kier molecular flexibility index (Phi) is 5.33. The second kappa shape index (κ2) is 6.77. The molecular weight excluding hydrogens is 298 g/mol. The van der Waals surface area contributed by atoms with Crippen LogP contribution in [0, 0.1) is 11.3 Å². The largest absolute Gasteiger partial charge is 0.368 e. The monoisotopic (exact) mass is 309 g/mol. The Balaban J connectivity index is 2.73. The molecule has 94 valence electrons. The molecule has 2 amide bonds. The Morgan fingerprint density at radius 1 is 1.50 bits per heavy atom. The van der Waals surface area contributed by atoms with Crippen LogP contribution in [0.5, 0.6) is 0 Å². The van der Waals surface area contributed by atoms with Gasteiger partial charge in [-0.2, -0.15) is 5.26 Å². The SMILES string of the molecule is N#CCC[C@@H](NC(=O)c1cccc(Br)c1)C(N)=O. The third-order valence-corrected chi connectivity index (χ3v) is 2.77. The molecule has 0 aliphatic rings. The Bertz CT molecular complexity index is 496. The van der Waals surface area contributed by atoms with E-state index in [2.05, 4.69) is 21.2 Å². The highest BCUT2D eigenvalue weighted by Crippen LogP contribution is 2.11. The molecule has 18 heavy (non-hydrogen) atoms. The lowest BCUT2D eigenvalue weighted by atomic mass is 10.1. The molecule has 6 heteroatoms. The van der Waals surface area contributed by atoms with Crippen LogP contribution in [0.3, 0.4) is 0 Å². The topological polar surface area (TPSA) is 96.0 Å². The van der Waals surface area contributed by atoms with E-state index < -0.39 is 17.9 Å². The Labute approximate surface area is 113 Å². The fourth-order valence-corrected chi connectivity index (χ4v) is 1.76. The molecule has 0 saturated carbocycles. The van der Waals surface area contributed by atoms with Crippen LogP contribution in [0.4, 0.5) is 0 Å². The van der Waals surface area contributed by atoms with Gasteiger partial charge >= 0.3 is 0 Å². The molecule has 0 bridgehead atoms. The molecule has 0 aliphatic heterocycles. The van der Waals surface area contributed by atoms with Gasteiger partial charge in [-0.1, -0.05) is 22.0 Å². The van der Waals surface area contributed by atoms with Crippen LogP contribution in [0.1, 0.15) is 23.2 Å². The van der Waals surface area contributed by atoms with Crippen molar-refractivity contribution in [1.82, 2.24) is 5.32 Å². The van der Waals surface area contributed by atoms with E-state index in [0.29, 0.717) is 5.56 Å². The summed E-state index contributed by atoms with van der Waals surface area (Å²) >= 11 is 3.25. The minimum absolute atomic E-state index is 0.159. The highest BCUT2D eigenvalue weighted by atomic mass is 79.9. The van der Waals surface area contributed by atoms with Crippen molar-refractivity contribution in [3.8, 4) is 6.07 Å². The van der Waals surface area contributed by atoms with Crippen LogP contribution in [-0.2, 0) is 4.79 Å². The van der Waals surface area contributed by atoms with E-state index in [4.69, 9.17) is 11.0 Å². The fourth-order valence-electron chi connectivity index (χ4n) is 1.37. The quantitative estimate of drug-likeness (QED) is 0.859. The molecule has 0 unspecified atom stereocenters. The zero-order chi connectivity index (χ0) is 13.5. The highest BCUT2D eigenvalue weighted by molar-refractivity contribution is 9.10. The van der Waals surface area contributed by atoms with E-state index >= 15 is 0 Å². The first-order valence-corrected chi connectivity index (χ1v) is 6.06. The molecular formula is C12H12BrN3O2. The maximum Gasteiger partial charge on any atom is 0.251 e. The molecule has 0 saturated heterocycles. The van der Waals surface area contributed by atoms with Gasteiger partial charge in [0.15, 0.2) is 0 Å². The van der Waals surface area contributed by atoms with Crippen molar-refractivity contribution in [2.75, 3.05) is 0 Å². The average molecular weight is 310 g/mol. The van der Waals surface area contributed by atoms with Gasteiger partial charge in [0.2, 0.25) is 5.91 Å². The summed E-state index contributed by atoms with van der Waals surface area (Å²) in [7, 11) is 0. The number of carbonyl (C=O) groups is 2. The number of halogens is 1. The predicted octanol–water partition coefficient (Wildman–Crippen LogP) is 1.34. The predicted molar refractivity (Wildman–Crippen MR) is 69.4 cm³/mol. The van der Waals surface area contributed by atoms with Crippen molar-refractivity contribution in [3.05, 3.63) is 34.3 Å². The maximum absolute atomic E-state index is 11.9. The number of primary amides is 1. The number of carbonyl (C=O) groups excluding carboxylic acids is 2. The molecule has 0 radical (unpaired) electrons.